The Labute approximate surface area is 132 Å². The number of aryl methyl sites for hydroxylation is 1. The molecule has 118 valence electrons. The number of rotatable bonds is 5. The van der Waals surface area contributed by atoms with Crippen molar-refractivity contribution in [3.63, 3.8) is 0 Å². The molecule has 0 spiro atoms. The normalized spacial score (nSPS) is 14.2. The molecule has 0 aromatic carbocycles. The van der Waals surface area contributed by atoms with Crippen molar-refractivity contribution < 1.29 is 23.8 Å². The molecule has 2 heterocycles. The lowest BCUT2D eigenvalue weighted by Gasteiger charge is -2.24. The van der Waals surface area contributed by atoms with Crippen molar-refractivity contribution >= 4 is 17.4 Å². The standard InChI is InChI=1S/C16H15N3O4/c17-8-4-10-18-12-7-1-2-9-19(12)15(21)13(18)14(20)16(22)23-11-5-3-6-11/h1-2,7,9,11H,3-6,10H2/p+1. The third-order valence-electron chi connectivity index (χ3n) is 4.00. The zero-order valence-electron chi connectivity index (χ0n) is 12.4. The van der Waals surface area contributed by atoms with E-state index in [1.165, 1.54) is 8.97 Å². The van der Waals surface area contributed by atoms with Crippen molar-refractivity contribution in [3.8, 4) is 11.9 Å². The fourth-order valence-electron chi connectivity index (χ4n) is 2.59. The van der Waals surface area contributed by atoms with Gasteiger partial charge in [0.2, 0.25) is 0 Å². The Hall–Kier alpha value is -2.88. The summed E-state index contributed by atoms with van der Waals surface area (Å²) in [6.07, 6.45) is 4.03. The van der Waals surface area contributed by atoms with E-state index >= 15 is 0 Å². The molecule has 0 saturated heterocycles. The van der Waals surface area contributed by atoms with E-state index < -0.39 is 11.8 Å². The van der Waals surface area contributed by atoms with Crippen molar-refractivity contribution in [1.29, 1.82) is 5.26 Å². The SMILES string of the molecule is N#CCCn1c(C(=O)C(=O)OC2CCC2)c(O)[n+]2ccccc12. The summed E-state index contributed by atoms with van der Waals surface area (Å²) < 4.78 is 8.00. The number of aromatic nitrogens is 2. The maximum atomic E-state index is 12.4. The van der Waals surface area contributed by atoms with Crippen LogP contribution in [0.25, 0.3) is 5.65 Å². The number of esters is 1. The molecular formula is C16H16N3O4+. The first kappa shape index (κ1) is 15.0. The van der Waals surface area contributed by atoms with Gasteiger partial charge in [-0.25, -0.2) is 9.36 Å². The van der Waals surface area contributed by atoms with Crippen LogP contribution in [-0.2, 0) is 16.1 Å². The third kappa shape index (κ3) is 2.63. The van der Waals surface area contributed by atoms with Crippen LogP contribution in [0.3, 0.4) is 0 Å². The Kier molecular flexibility index (Phi) is 3.98. The molecule has 0 radical (unpaired) electrons. The summed E-state index contributed by atoms with van der Waals surface area (Å²) >= 11 is 0. The van der Waals surface area contributed by atoms with E-state index in [1.807, 2.05) is 6.07 Å². The molecule has 1 saturated carbocycles. The Morgan fingerprint density at radius 3 is 2.87 bits per heavy atom. The quantitative estimate of drug-likeness (QED) is 0.386. The van der Waals surface area contributed by atoms with Gasteiger partial charge in [0.15, 0.2) is 0 Å². The molecule has 7 heteroatoms. The van der Waals surface area contributed by atoms with Crippen molar-refractivity contribution in [2.45, 2.75) is 38.3 Å². The number of nitriles is 1. The molecule has 1 aliphatic carbocycles. The van der Waals surface area contributed by atoms with Crippen LogP contribution in [0.5, 0.6) is 5.88 Å². The summed E-state index contributed by atoms with van der Waals surface area (Å²) in [7, 11) is 0. The zero-order valence-corrected chi connectivity index (χ0v) is 12.4. The topological polar surface area (TPSA) is 96.4 Å². The van der Waals surface area contributed by atoms with E-state index in [2.05, 4.69) is 0 Å². The smallest absolute Gasteiger partial charge is 0.384 e. The maximum absolute atomic E-state index is 12.4. The number of hydrogen-bond donors (Lipinski definition) is 1. The van der Waals surface area contributed by atoms with Gasteiger partial charge < -0.3 is 9.84 Å². The van der Waals surface area contributed by atoms with Crippen LogP contribution in [0.15, 0.2) is 24.4 Å². The van der Waals surface area contributed by atoms with Crippen LogP contribution in [0.1, 0.15) is 36.2 Å². The van der Waals surface area contributed by atoms with Gasteiger partial charge in [-0.2, -0.15) is 9.66 Å². The number of aromatic hydroxyl groups is 1. The fourth-order valence-corrected chi connectivity index (χ4v) is 2.59. The minimum absolute atomic E-state index is 0.143. The summed E-state index contributed by atoms with van der Waals surface area (Å²) in [6.45, 7) is 0.197. The highest BCUT2D eigenvalue weighted by molar-refractivity contribution is 6.40. The second-order valence-corrected chi connectivity index (χ2v) is 5.45. The number of hydrogen-bond acceptors (Lipinski definition) is 5. The molecule has 1 N–H and O–H groups in total. The molecule has 7 nitrogen and oxygen atoms in total. The highest BCUT2D eigenvalue weighted by Gasteiger charge is 2.37. The van der Waals surface area contributed by atoms with E-state index in [-0.39, 0.29) is 30.6 Å². The largest absolute Gasteiger partial charge is 0.474 e. The van der Waals surface area contributed by atoms with E-state index in [9.17, 15) is 14.7 Å². The van der Waals surface area contributed by atoms with Gasteiger partial charge in [0.05, 0.1) is 18.7 Å². The Morgan fingerprint density at radius 1 is 1.43 bits per heavy atom. The first-order valence-electron chi connectivity index (χ1n) is 7.47. The Morgan fingerprint density at radius 2 is 2.22 bits per heavy atom. The molecule has 0 amide bonds. The van der Waals surface area contributed by atoms with E-state index in [4.69, 9.17) is 10.00 Å². The van der Waals surface area contributed by atoms with Crippen LogP contribution in [0, 0.1) is 11.3 Å². The average Bonchev–Trinajstić information content (AvgIpc) is 2.80. The molecule has 23 heavy (non-hydrogen) atoms. The maximum Gasteiger partial charge on any atom is 0.384 e. The lowest BCUT2D eigenvalue weighted by Crippen LogP contribution is -2.30. The van der Waals surface area contributed by atoms with Crippen LogP contribution in [0.2, 0.25) is 0 Å². The first-order valence-corrected chi connectivity index (χ1v) is 7.47. The molecular weight excluding hydrogens is 298 g/mol. The zero-order chi connectivity index (χ0) is 16.4. The van der Waals surface area contributed by atoms with Crippen molar-refractivity contribution in [3.05, 3.63) is 30.1 Å². The fraction of sp³-hybridized carbons (Fsp3) is 0.375. The van der Waals surface area contributed by atoms with Gasteiger partial charge in [-0.15, -0.1) is 0 Å². The number of imidazole rings is 1. The molecule has 1 fully saturated rings. The monoisotopic (exact) mass is 314 g/mol. The van der Waals surface area contributed by atoms with Crippen LogP contribution in [0.4, 0.5) is 0 Å². The summed E-state index contributed by atoms with van der Waals surface area (Å²) in [5.74, 6) is -2.18. The second-order valence-electron chi connectivity index (χ2n) is 5.45. The Balaban J connectivity index is 2.00. The number of ketones is 1. The lowest BCUT2D eigenvalue weighted by molar-refractivity contribution is -0.521. The number of pyridine rings is 1. The molecule has 2 aromatic rings. The number of ether oxygens (including phenoxy) is 1. The number of carbonyl (C=O) groups excluding carboxylic acids is 2. The van der Waals surface area contributed by atoms with Gasteiger partial charge >= 0.3 is 17.6 Å². The highest BCUT2D eigenvalue weighted by Crippen LogP contribution is 2.24. The summed E-state index contributed by atoms with van der Waals surface area (Å²) in [5.41, 5.74) is 0.385. The average molecular weight is 314 g/mol. The number of nitrogens with zero attached hydrogens (tertiary/aromatic N) is 3. The van der Waals surface area contributed by atoms with Gasteiger partial charge in [-0.05, 0) is 25.3 Å². The minimum atomic E-state index is -0.966. The van der Waals surface area contributed by atoms with Crippen molar-refractivity contribution in [2.75, 3.05) is 0 Å². The van der Waals surface area contributed by atoms with Gasteiger partial charge in [0.1, 0.15) is 12.6 Å². The van der Waals surface area contributed by atoms with Gasteiger partial charge in [-0.3, -0.25) is 4.79 Å². The molecule has 0 bridgehead atoms. The van der Waals surface area contributed by atoms with Crippen LogP contribution >= 0.6 is 0 Å². The molecule has 0 aliphatic heterocycles. The van der Waals surface area contributed by atoms with Gasteiger partial charge in [-0.1, -0.05) is 6.07 Å². The highest BCUT2D eigenvalue weighted by atomic mass is 16.5. The second kappa shape index (κ2) is 6.08. The molecule has 2 aromatic heterocycles. The summed E-state index contributed by atoms with van der Waals surface area (Å²) in [4.78, 5) is 24.5. The number of carbonyl (C=O) groups is 2. The minimum Gasteiger partial charge on any atom is -0.474 e. The summed E-state index contributed by atoms with van der Waals surface area (Å²) in [6, 6.07) is 7.14. The molecule has 0 unspecified atom stereocenters. The van der Waals surface area contributed by atoms with Crippen molar-refractivity contribution in [2.24, 2.45) is 0 Å². The predicted molar refractivity (Wildman–Crippen MR) is 77.5 cm³/mol. The van der Waals surface area contributed by atoms with E-state index in [0.29, 0.717) is 5.65 Å². The third-order valence-corrected chi connectivity index (χ3v) is 4.00. The lowest BCUT2D eigenvalue weighted by atomic mass is 9.96. The van der Waals surface area contributed by atoms with Crippen LogP contribution < -0.4 is 4.40 Å². The van der Waals surface area contributed by atoms with E-state index in [1.54, 1.807) is 24.4 Å². The summed E-state index contributed by atoms with van der Waals surface area (Å²) in [5, 5.41) is 19.1. The molecule has 0 atom stereocenters. The predicted octanol–water partition coefficient (Wildman–Crippen LogP) is 1.12. The van der Waals surface area contributed by atoms with E-state index in [0.717, 1.165) is 19.3 Å². The Bertz CT molecular complexity index is 815. The van der Waals surface area contributed by atoms with Crippen LogP contribution in [-0.4, -0.2) is 27.5 Å². The first-order chi connectivity index (χ1) is 11.1. The van der Waals surface area contributed by atoms with Gasteiger partial charge in [0.25, 0.3) is 11.3 Å². The van der Waals surface area contributed by atoms with Gasteiger partial charge in [0, 0.05) is 6.07 Å². The molecule has 3 rings (SSSR count). The molecule has 1 aliphatic rings. The van der Waals surface area contributed by atoms with Crippen molar-refractivity contribution in [1.82, 2.24) is 4.57 Å². The number of Topliss-reactive ketones (excluding diaryl/α,β-unsaturated/α-hetero) is 1. The number of fused-ring (bicyclic) bond motifs is 1.